The fourth-order valence-corrected chi connectivity index (χ4v) is 2.58. The number of amides is 1. The van der Waals surface area contributed by atoms with E-state index < -0.39 is 5.60 Å². The van der Waals surface area contributed by atoms with Crippen LogP contribution in [0.5, 0.6) is 0 Å². The first-order valence-corrected chi connectivity index (χ1v) is 7.87. The van der Waals surface area contributed by atoms with Crippen LogP contribution in [0.2, 0.25) is 0 Å². The summed E-state index contributed by atoms with van der Waals surface area (Å²) in [7, 11) is 0. The monoisotopic (exact) mass is 314 g/mol. The highest BCUT2D eigenvalue weighted by Crippen LogP contribution is 2.21. The Morgan fingerprint density at radius 2 is 2.24 bits per heavy atom. The number of alkyl halides is 1. The maximum atomic E-state index is 12.3. The molecule has 118 valence electrons. The Morgan fingerprint density at radius 1 is 1.48 bits per heavy atom. The minimum absolute atomic E-state index is 0.0958. The van der Waals surface area contributed by atoms with E-state index in [1.54, 1.807) is 4.68 Å². The largest absolute Gasteiger partial charge is 0.444 e. The van der Waals surface area contributed by atoms with E-state index >= 15 is 0 Å². The summed E-state index contributed by atoms with van der Waals surface area (Å²) < 4.78 is 7.25. The quantitative estimate of drug-likeness (QED) is 0.805. The highest BCUT2D eigenvalue weighted by molar-refractivity contribution is 6.16. The first kappa shape index (κ1) is 16.1. The second-order valence-corrected chi connectivity index (χ2v) is 6.66. The van der Waals surface area contributed by atoms with Crippen molar-refractivity contribution in [2.24, 2.45) is 0 Å². The van der Waals surface area contributed by atoms with Crippen LogP contribution in [0.1, 0.15) is 45.7 Å². The van der Waals surface area contributed by atoms with Gasteiger partial charge in [-0.1, -0.05) is 5.21 Å². The van der Waals surface area contributed by atoms with Crippen LogP contribution in [-0.2, 0) is 17.2 Å². The van der Waals surface area contributed by atoms with Crippen LogP contribution in [0.25, 0.3) is 0 Å². The third-order valence-electron chi connectivity index (χ3n) is 3.38. The number of carbonyl (C=O) groups is 1. The molecular weight excluding hydrogens is 292 g/mol. The molecule has 2 heterocycles. The zero-order chi connectivity index (χ0) is 15.5. The van der Waals surface area contributed by atoms with Gasteiger partial charge < -0.3 is 9.64 Å². The molecule has 0 radical (unpaired) electrons. The van der Waals surface area contributed by atoms with Gasteiger partial charge in [0, 0.05) is 12.7 Å². The summed E-state index contributed by atoms with van der Waals surface area (Å²) in [6, 6.07) is 0.0958. The summed E-state index contributed by atoms with van der Waals surface area (Å²) in [4.78, 5) is 14.1. The number of carbonyl (C=O) groups excluding carboxylic acids is 1. The molecule has 0 spiro atoms. The van der Waals surface area contributed by atoms with Gasteiger partial charge in [0.1, 0.15) is 5.60 Å². The lowest BCUT2D eigenvalue weighted by Gasteiger charge is -2.36. The summed E-state index contributed by atoms with van der Waals surface area (Å²) in [5.41, 5.74) is 0.272. The maximum absolute atomic E-state index is 12.3. The van der Waals surface area contributed by atoms with Gasteiger partial charge in [0.2, 0.25) is 0 Å². The van der Waals surface area contributed by atoms with Crippen molar-refractivity contribution in [3.63, 3.8) is 0 Å². The summed E-state index contributed by atoms with van der Waals surface area (Å²) in [6.45, 7) is 7.01. The van der Waals surface area contributed by atoms with Gasteiger partial charge in [0.05, 0.1) is 24.2 Å². The Balaban J connectivity index is 2.02. The summed E-state index contributed by atoms with van der Waals surface area (Å²) in [5.74, 6) is 0.348. The van der Waals surface area contributed by atoms with Crippen molar-refractivity contribution in [3.05, 3.63) is 11.9 Å². The zero-order valence-corrected chi connectivity index (χ0v) is 13.6. The molecule has 0 bridgehead atoms. The van der Waals surface area contributed by atoms with Gasteiger partial charge in [-0.3, -0.25) is 4.68 Å². The van der Waals surface area contributed by atoms with Crippen molar-refractivity contribution in [1.82, 2.24) is 19.9 Å². The lowest BCUT2D eigenvalue weighted by molar-refractivity contribution is 0.00733. The zero-order valence-electron chi connectivity index (χ0n) is 12.9. The second-order valence-electron chi connectivity index (χ2n) is 6.39. The molecule has 0 saturated carbocycles. The average molecular weight is 315 g/mol. The molecule has 1 atom stereocenters. The minimum Gasteiger partial charge on any atom is -0.444 e. The summed E-state index contributed by atoms with van der Waals surface area (Å²) in [5, 5.41) is 8.03. The molecule has 2 rings (SSSR count). The molecule has 0 unspecified atom stereocenters. The predicted molar refractivity (Wildman–Crippen MR) is 80.2 cm³/mol. The van der Waals surface area contributed by atoms with E-state index in [-0.39, 0.29) is 12.1 Å². The fraction of sp³-hybridized carbons (Fsp3) is 0.786. The number of halogens is 1. The van der Waals surface area contributed by atoms with Crippen LogP contribution in [0.4, 0.5) is 4.79 Å². The molecule has 6 nitrogen and oxygen atoms in total. The number of aromatic nitrogens is 3. The van der Waals surface area contributed by atoms with Gasteiger partial charge >= 0.3 is 6.09 Å². The number of likely N-dealkylation sites (tertiary alicyclic amines) is 1. The Bertz CT molecular complexity index is 484. The van der Waals surface area contributed by atoms with Gasteiger partial charge in [-0.15, -0.1) is 16.7 Å². The van der Waals surface area contributed by atoms with Crippen LogP contribution in [0, 0.1) is 0 Å². The number of nitrogens with zero attached hydrogens (tertiary/aromatic N) is 4. The van der Waals surface area contributed by atoms with Gasteiger partial charge in [-0.2, -0.15) is 0 Å². The third-order valence-corrected chi connectivity index (χ3v) is 3.65. The predicted octanol–water partition coefficient (Wildman–Crippen LogP) is 2.81. The number of ether oxygens (including phenoxy) is 1. The first-order chi connectivity index (χ1) is 9.89. The lowest BCUT2D eigenvalue weighted by Crippen LogP contribution is -2.47. The number of piperidine rings is 1. The van der Waals surface area contributed by atoms with Crippen molar-refractivity contribution in [2.45, 2.75) is 64.1 Å². The first-order valence-electron chi connectivity index (χ1n) is 7.33. The van der Waals surface area contributed by atoms with Crippen molar-refractivity contribution in [1.29, 1.82) is 0 Å². The van der Waals surface area contributed by atoms with E-state index in [9.17, 15) is 4.79 Å². The van der Waals surface area contributed by atoms with E-state index in [4.69, 9.17) is 16.3 Å². The Labute approximate surface area is 130 Å². The molecule has 1 aliphatic heterocycles. The van der Waals surface area contributed by atoms with Crippen molar-refractivity contribution < 1.29 is 9.53 Å². The summed E-state index contributed by atoms with van der Waals surface area (Å²) >= 11 is 5.73. The molecule has 0 aromatic carbocycles. The smallest absolute Gasteiger partial charge is 0.410 e. The molecule has 21 heavy (non-hydrogen) atoms. The molecule has 1 fully saturated rings. The van der Waals surface area contributed by atoms with Crippen molar-refractivity contribution in [2.75, 3.05) is 6.54 Å². The van der Waals surface area contributed by atoms with E-state index in [0.29, 0.717) is 12.4 Å². The fourth-order valence-electron chi connectivity index (χ4n) is 2.46. The van der Waals surface area contributed by atoms with Gasteiger partial charge in [-0.05, 0) is 40.0 Å². The van der Waals surface area contributed by atoms with Crippen LogP contribution in [0.15, 0.2) is 6.20 Å². The normalized spacial score (nSPS) is 19.6. The van der Waals surface area contributed by atoms with Crippen molar-refractivity contribution >= 4 is 17.7 Å². The van der Waals surface area contributed by atoms with Crippen LogP contribution in [0.3, 0.4) is 0 Å². The van der Waals surface area contributed by atoms with E-state index in [0.717, 1.165) is 31.5 Å². The topological polar surface area (TPSA) is 60.2 Å². The molecule has 0 N–H and O–H groups in total. The molecule has 7 heteroatoms. The highest BCUT2D eigenvalue weighted by Gasteiger charge is 2.30. The van der Waals surface area contributed by atoms with Crippen molar-refractivity contribution in [3.8, 4) is 0 Å². The standard InChI is InChI=1S/C14H23ClN4O2/c1-14(2,3)21-13(20)19-7-5-4-6-12(19)10-18-9-11(8-15)16-17-18/h9,12H,4-8,10H2,1-3H3/t12-/m0/s1. The van der Waals surface area contributed by atoms with E-state index in [2.05, 4.69) is 10.3 Å². The third kappa shape index (κ3) is 4.59. The summed E-state index contributed by atoms with van der Waals surface area (Å²) in [6.07, 6.45) is 4.66. The number of hydrogen-bond donors (Lipinski definition) is 0. The Hall–Kier alpha value is -1.30. The van der Waals surface area contributed by atoms with Crippen LogP contribution < -0.4 is 0 Å². The SMILES string of the molecule is CC(C)(C)OC(=O)N1CCCC[C@H]1Cn1cc(CCl)nn1. The highest BCUT2D eigenvalue weighted by atomic mass is 35.5. The average Bonchev–Trinajstić information content (AvgIpc) is 2.85. The minimum atomic E-state index is -0.474. The van der Waals surface area contributed by atoms with Gasteiger partial charge in [0.25, 0.3) is 0 Å². The number of hydrogen-bond acceptors (Lipinski definition) is 4. The molecular formula is C14H23ClN4O2. The Morgan fingerprint density at radius 3 is 2.86 bits per heavy atom. The number of rotatable bonds is 3. The molecule has 1 saturated heterocycles. The van der Waals surface area contributed by atoms with Crippen LogP contribution >= 0.6 is 11.6 Å². The van der Waals surface area contributed by atoms with Gasteiger partial charge in [0.15, 0.2) is 0 Å². The Kier molecular flexibility index (Phi) is 5.08. The van der Waals surface area contributed by atoms with E-state index in [1.165, 1.54) is 0 Å². The molecule has 0 aliphatic carbocycles. The maximum Gasteiger partial charge on any atom is 0.410 e. The molecule has 1 amide bonds. The van der Waals surface area contributed by atoms with Crippen LogP contribution in [-0.4, -0.2) is 44.2 Å². The van der Waals surface area contributed by atoms with Gasteiger partial charge in [-0.25, -0.2) is 4.79 Å². The molecule has 1 aliphatic rings. The molecule has 1 aromatic heterocycles. The second kappa shape index (κ2) is 6.64. The van der Waals surface area contributed by atoms with E-state index in [1.807, 2.05) is 31.9 Å². The molecule has 1 aromatic rings. The lowest BCUT2D eigenvalue weighted by atomic mass is 10.0.